The fourth-order valence-corrected chi connectivity index (χ4v) is 5.38. The molecule has 0 saturated heterocycles. The van der Waals surface area contributed by atoms with Gasteiger partial charge in [-0.25, -0.2) is 9.97 Å². The second kappa shape index (κ2) is 9.47. The maximum atomic E-state index is 13.0. The Kier molecular flexibility index (Phi) is 6.46. The molecule has 5 rings (SSSR count). The molecule has 1 amide bonds. The standard InChI is InChI=1S/C29H35N3O5/c1-6-35-22(34)12-10-19-16-36-26(30-19)23-25-29(5)14-13-18-9-7-17(15-20(18)29)8-11-21(33)31-24(28(2,3)4)27(32-23)37-25/h7,9,15-16,24H,6,8,10-14H2,1-5H3,(H,31,33)/t24?,29-/m0/s1. The molecule has 0 saturated carbocycles. The first-order valence-corrected chi connectivity index (χ1v) is 13.1. The molecule has 1 unspecified atom stereocenters. The van der Waals surface area contributed by atoms with Crippen LogP contribution < -0.4 is 5.32 Å². The van der Waals surface area contributed by atoms with Crippen molar-refractivity contribution in [2.24, 2.45) is 5.41 Å². The highest BCUT2D eigenvalue weighted by Crippen LogP contribution is 2.49. The van der Waals surface area contributed by atoms with Crippen molar-refractivity contribution in [3.63, 3.8) is 0 Å². The summed E-state index contributed by atoms with van der Waals surface area (Å²) in [7, 11) is 0. The predicted molar refractivity (Wildman–Crippen MR) is 137 cm³/mol. The molecule has 37 heavy (non-hydrogen) atoms. The van der Waals surface area contributed by atoms with Gasteiger partial charge in [-0.15, -0.1) is 0 Å². The summed E-state index contributed by atoms with van der Waals surface area (Å²) in [6, 6.07) is 6.09. The Labute approximate surface area is 217 Å². The maximum absolute atomic E-state index is 13.0. The van der Waals surface area contributed by atoms with Crippen LogP contribution in [0.15, 0.2) is 33.3 Å². The molecule has 2 aliphatic rings. The second-order valence-corrected chi connectivity index (χ2v) is 11.4. The number of ether oxygens (including phenoxy) is 1. The van der Waals surface area contributed by atoms with E-state index in [0.717, 1.165) is 18.4 Å². The number of hydrogen-bond donors (Lipinski definition) is 1. The first-order valence-electron chi connectivity index (χ1n) is 13.1. The Morgan fingerprint density at radius 3 is 2.78 bits per heavy atom. The summed E-state index contributed by atoms with van der Waals surface area (Å²) in [6.07, 6.45) is 5.07. The lowest BCUT2D eigenvalue weighted by molar-refractivity contribution is -0.143. The molecule has 4 bridgehead atoms. The highest BCUT2D eigenvalue weighted by Gasteiger charge is 2.44. The number of rotatable bonds is 5. The fraction of sp³-hybridized carbons (Fsp3) is 0.517. The first-order chi connectivity index (χ1) is 17.6. The lowest BCUT2D eigenvalue weighted by atomic mass is 9.80. The summed E-state index contributed by atoms with van der Waals surface area (Å²) >= 11 is 0. The third kappa shape index (κ3) is 4.81. The Balaban J connectivity index is 1.62. The Morgan fingerprint density at radius 2 is 2.03 bits per heavy atom. The number of aromatic nitrogens is 2. The van der Waals surface area contributed by atoms with Crippen LogP contribution in [0.2, 0.25) is 0 Å². The van der Waals surface area contributed by atoms with Crippen LogP contribution in [0.4, 0.5) is 0 Å². The van der Waals surface area contributed by atoms with Gasteiger partial charge in [0, 0.05) is 12.8 Å². The molecule has 2 atom stereocenters. The number of fused-ring (bicyclic) bond motifs is 4. The van der Waals surface area contributed by atoms with Gasteiger partial charge < -0.3 is 18.9 Å². The molecule has 8 nitrogen and oxygen atoms in total. The Hall–Kier alpha value is -3.42. The van der Waals surface area contributed by atoms with Crippen LogP contribution in [0.3, 0.4) is 0 Å². The van der Waals surface area contributed by atoms with Crippen molar-refractivity contribution in [1.29, 1.82) is 0 Å². The van der Waals surface area contributed by atoms with Crippen molar-refractivity contribution in [2.75, 3.05) is 6.61 Å². The van der Waals surface area contributed by atoms with Gasteiger partial charge in [0.2, 0.25) is 17.7 Å². The number of amides is 1. The minimum Gasteiger partial charge on any atom is -0.466 e. The molecule has 1 N–H and O–H groups in total. The molecule has 1 aromatic carbocycles. The smallest absolute Gasteiger partial charge is 0.306 e. The number of nitrogens with one attached hydrogen (secondary N) is 1. The first kappa shape index (κ1) is 25.2. The molecule has 0 radical (unpaired) electrons. The predicted octanol–water partition coefficient (Wildman–Crippen LogP) is 5.23. The normalized spacial score (nSPS) is 21.2. The fourth-order valence-electron chi connectivity index (χ4n) is 5.38. The van der Waals surface area contributed by atoms with E-state index in [0.29, 0.717) is 54.8 Å². The van der Waals surface area contributed by atoms with Crippen LogP contribution in [0.1, 0.15) is 94.0 Å². The number of oxazole rings is 2. The van der Waals surface area contributed by atoms with E-state index in [1.807, 2.05) is 0 Å². The number of hydrogen-bond acceptors (Lipinski definition) is 7. The molecular weight excluding hydrogens is 470 g/mol. The van der Waals surface area contributed by atoms with Gasteiger partial charge in [-0.05, 0) is 55.2 Å². The summed E-state index contributed by atoms with van der Waals surface area (Å²) in [6.45, 7) is 10.5. The van der Waals surface area contributed by atoms with E-state index in [2.05, 4.69) is 56.2 Å². The quantitative estimate of drug-likeness (QED) is 0.473. The molecule has 1 aliphatic heterocycles. The van der Waals surface area contributed by atoms with Crippen molar-refractivity contribution in [2.45, 2.75) is 84.6 Å². The van der Waals surface area contributed by atoms with Gasteiger partial charge in [-0.3, -0.25) is 9.59 Å². The number of esters is 1. The van der Waals surface area contributed by atoms with Crippen LogP contribution in [0, 0.1) is 5.41 Å². The topological polar surface area (TPSA) is 107 Å². The zero-order chi connectivity index (χ0) is 26.4. The average Bonchev–Trinajstić information content (AvgIpc) is 3.57. The van der Waals surface area contributed by atoms with E-state index in [9.17, 15) is 9.59 Å². The highest BCUT2D eigenvalue weighted by atomic mass is 16.5. The van der Waals surface area contributed by atoms with Crippen molar-refractivity contribution in [3.05, 3.63) is 58.5 Å². The van der Waals surface area contributed by atoms with Gasteiger partial charge in [0.05, 0.1) is 24.1 Å². The molecule has 196 valence electrons. The van der Waals surface area contributed by atoms with E-state index in [4.69, 9.17) is 18.6 Å². The van der Waals surface area contributed by atoms with E-state index in [1.165, 1.54) is 11.1 Å². The summed E-state index contributed by atoms with van der Waals surface area (Å²) in [5.41, 5.74) is 4.06. The van der Waals surface area contributed by atoms with Crippen molar-refractivity contribution < 1.29 is 23.2 Å². The molecule has 2 aromatic heterocycles. The molecule has 0 spiro atoms. The zero-order valence-corrected chi connectivity index (χ0v) is 22.3. The van der Waals surface area contributed by atoms with Crippen molar-refractivity contribution in [3.8, 4) is 11.6 Å². The van der Waals surface area contributed by atoms with E-state index < -0.39 is 11.5 Å². The van der Waals surface area contributed by atoms with E-state index >= 15 is 0 Å². The SMILES string of the molecule is CCOC(=O)CCc1coc(-c2nc3oc2[C@@]2(C)CCc4ccc(cc42)CCC(=O)NC3C(C)(C)C)n1. The van der Waals surface area contributed by atoms with Crippen LogP contribution in [-0.2, 0) is 39.0 Å². The summed E-state index contributed by atoms with van der Waals surface area (Å²) < 4.78 is 17.5. The van der Waals surface area contributed by atoms with Crippen molar-refractivity contribution >= 4 is 11.9 Å². The lowest BCUT2D eigenvalue weighted by Crippen LogP contribution is -2.37. The third-order valence-corrected chi connectivity index (χ3v) is 7.51. The Morgan fingerprint density at radius 1 is 1.22 bits per heavy atom. The summed E-state index contributed by atoms with van der Waals surface area (Å²) in [5, 5.41) is 3.17. The molecule has 3 heterocycles. The molecular formula is C29H35N3O5. The molecule has 0 fully saturated rings. The molecule has 3 aromatic rings. The largest absolute Gasteiger partial charge is 0.466 e. The van der Waals surface area contributed by atoms with Crippen LogP contribution >= 0.6 is 0 Å². The average molecular weight is 506 g/mol. The number of carbonyl (C=O) groups is 2. The van der Waals surface area contributed by atoms with Gasteiger partial charge >= 0.3 is 5.97 Å². The highest BCUT2D eigenvalue weighted by molar-refractivity contribution is 5.77. The third-order valence-electron chi connectivity index (χ3n) is 7.51. The van der Waals surface area contributed by atoms with Gasteiger partial charge in [0.1, 0.15) is 18.1 Å². The summed E-state index contributed by atoms with van der Waals surface area (Å²) in [4.78, 5) is 34.4. The van der Waals surface area contributed by atoms with Gasteiger partial charge in [-0.2, -0.15) is 0 Å². The number of benzene rings is 1. The number of nitrogens with zero attached hydrogens (tertiary/aromatic N) is 2. The minimum absolute atomic E-state index is 0.0394. The molecule has 1 aliphatic carbocycles. The Bertz CT molecular complexity index is 1330. The zero-order valence-electron chi connectivity index (χ0n) is 22.3. The second-order valence-electron chi connectivity index (χ2n) is 11.4. The number of aryl methyl sites for hydroxylation is 3. The molecule has 8 heteroatoms. The lowest BCUT2D eigenvalue weighted by Gasteiger charge is -2.30. The van der Waals surface area contributed by atoms with Gasteiger partial charge in [0.15, 0.2) is 5.69 Å². The van der Waals surface area contributed by atoms with Crippen LogP contribution in [0.25, 0.3) is 11.6 Å². The van der Waals surface area contributed by atoms with Gasteiger partial charge in [-0.1, -0.05) is 39.0 Å². The van der Waals surface area contributed by atoms with E-state index in [-0.39, 0.29) is 23.7 Å². The monoisotopic (exact) mass is 505 g/mol. The van der Waals surface area contributed by atoms with Crippen LogP contribution in [0.5, 0.6) is 0 Å². The van der Waals surface area contributed by atoms with Crippen LogP contribution in [-0.4, -0.2) is 28.5 Å². The summed E-state index contributed by atoms with van der Waals surface area (Å²) in [5.74, 6) is 1.19. The maximum Gasteiger partial charge on any atom is 0.306 e. The van der Waals surface area contributed by atoms with Crippen molar-refractivity contribution in [1.82, 2.24) is 15.3 Å². The van der Waals surface area contributed by atoms with E-state index in [1.54, 1.807) is 13.2 Å². The minimum atomic E-state index is -0.423. The number of carbonyl (C=O) groups excluding carboxylic acids is 2. The van der Waals surface area contributed by atoms with Gasteiger partial charge in [0.25, 0.3) is 0 Å².